The van der Waals surface area contributed by atoms with Gasteiger partial charge in [-0.25, -0.2) is 14.1 Å². The molecular weight excluding hydrogens is 313 g/mol. The van der Waals surface area contributed by atoms with Gasteiger partial charge in [0.2, 0.25) is 0 Å². The zero-order chi connectivity index (χ0) is 16.2. The summed E-state index contributed by atoms with van der Waals surface area (Å²) in [6.07, 6.45) is 0. The van der Waals surface area contributed by atoms with Gasteiger partial charge in [-0.15, -0.1) is 0 Å². The number of halogens is 1. The number of carbonyl (C=O) groups is 1. The van der Waals surface area contributed by atoms with Crippen LogP contribution in [0.3, 0.4) is 0 Å². The molecule has 4 nitrogen and oxygen atoms in total. The van der Waals surface area contributed by atoms with Gasteiger partial charge in [-0.05, 0) is 30.3 Å². The Balaban J connectivity index is 1.90. The van der Waals surface area contributed by atoms with Crippen LogP contribution in [0.25, 0.3) is 0 Å². The molecule has 1 N–H and O–H groups in total. The lowest BCUT2D eigenvalue weighted by atomic mass is 10.3. The average molecular weight is 329 g/mol. The van der Waals surface area contributed by atoms with E-state index < -0.39 is 5.82 Å². The lowest BCUT2D eigenvalue weighted by Gasteiger charge is -2.22. The Bertz CT molecular complexity index is 736. The van der Waals surface area contributed by atoms with E-state index in [1.165, 1.54) is 28.8 Å². The van der Waals surface area contributed by atoms with Crippen LogP contribution >= 0.6 is 11.8 Å². The Kier molecular flexibility index (Phi) is 4.62. The van der Waals surface area contributed by atoms with E-state index in [2.05, 4.69) is 10.3 Å². The molecule has 118 valence electrons. The molecule has 0 fully saturated rings. The summed E-state index contributed by atoms with van der Waals surface area (Å²) >= 11 is 1.51. The molecule has 6 heteroatoms. The Morgan fingerprint density at radius 2 is 2.04 bits per heavy atom. The lowest BCUT2D eigenvalue weighted by molar-refractivity contribution is 0.259. The summed E-state index contributed by atoms with van der Waals surface area (Å²) in [6.45, 7) is 2.68. The van der Waals surface area contributed by atoms with E-state index in [0.717, 1.165) is 0 Å². The Labute approximate surface area is 138 Å². The van der Waals surface area contributed by atoms with Crippen molar-refractivity contribution in [3.63, 3.8) is 0 Å². The van der Waals surface area contributed by atoms with Gasteiger partial charge in [-0.2, -0.15) is 0 Å². The summed E-state index contributed by atoms with van der Waals surface area (Å²) in [6, 6.07) is 14.7. The van der Waals surface area contributed by atoms with E-state index in [1.807, 2.05) is 25.1 Å². The number of rotatable bonds is 2. The second-order valence-corrected chi connectivity index (χ2v) is 6.57. The molecular formula is C17H16FN3OS. The number of carbonyl (C=O) groups excluding carboxylic acids is 1. The van der Waals surface area contributed by atoms with Crippen molar-refractivity contribution in [2.24, 2.45) is 4.99 Å². The summed E-state index contributed by atoms with van der Waals surface area (Å²) in [5.74, 6) is -0.392. The van der Waals surface area contributed by atoms with Crippen LogP contribution in [0.2, 0.25) is 0 Å². The fraction of sp³-hybridized carbons (Fsp3) is 0.176. The average Bonchev–Trinajstić information content (AvgIpc) is 2.94. The lowest BCUT2D eigenvalue weighted by Crippen LogP contribution is -2.38. The van der Waals surface area contributed by atoms with Crippen LogP contribution in [0.1, 0.15) is 6.92 Å². The number of urea groups is 1. The van der Waals surface area contributed by atoms with Crippen molar-refractivity contribution in [1.29, 1.82) is 0 Å². The quantitative estimate of drug-likeness (QED) is 0.890. The minimum absolute atomic E-state index is 0.297. The Hall–Kier alpha value is -2.34. The van der Waals surface area contributed by atoms with E-state index in [4.69, 9.17) is 0 Å². The number of hydrogen-bond donors (Lipinski definition) is 1. The fourth-order valence-electron chi connectivity index (χ4n) is 2.22. The second-order valence-electron chi connectivity index (χ2n) is 5.16. The second kappa shape index (κ2) is 6.83. The summed E-state index contributed by atoms with van der Waals surface area (Å²) in [5.41, 5.74) is 1.13. The molecule has 3 rings (SSSR count). The van der Waals surface area contributed by atoms with Crippen molar-refractivity contribution in [3.05, 3.63) is 60.4 Å². The van der Waals surface area contributed by atoms with E-state index in [1.54, 1.807) is 24.3 Å². The highest BCUT2D eigenvalue weighted by molar-refractivity contribution is 8.15. The van der Waals surface area contributed by atoms with Crippen LogP contribution in [0.5, 0.6) is 0 Å². The molecule has 0 saturated carbocycles. The smallest absolute Gasteiger partial charge is 0.307 e. The van der Waals surface area contributed by atoms with Crippen molar-refractivity contribution >= 4 is 34.3 Å². The van der Waals surface area contributed by atoms with Crippen molar-refractivity contribution in [3.8, 4) is 0 Å². The van der Waals surface area contributed by atoms with Gasteiger partial charge in [0.05, 0.1) is 12.2 Å². The van der Waals surface area contributed by atoms with Crippen molar-refractivity contribution in [2.45, 2.75) is 12.2 Å². The maximum atomic E-state index is 13.6. The molecule has 1 atom stereocenters. The van der Waals surface area contributed by atoms with Crippen molar-refractivity contribution < 1.29 is 9.18 Å². The molecule has 0 bridgehead atoms. The molecule has 0 aliphatic carbocycles. The summed E-state index contributed by atoms with van der Waals surface area (Å²) < 4.78 is 13.6. The third-order valence-corrected chi connectivity index (χ3v) is 4.35. The SMILES string of the molecule is C[C@H]1CN=C(N(C(=O)Nc2ccccc2)c2cccc(F)c2)S1. The number of amides is 2. The Morgan fingerprint density at radius 3 is 2.70 bits per heavy atom. The number of thioether (sulfide) groups is 1. The number of nitrogens with one attached hydrogen (secondary N) is 1. The number of hydrogen-bond acceptors (Lipinski definition) is 3. The predicted octanol–water partition coefficient (Wildman–Crippen LogP) is 4.36. The van der Waals surface area contributed by atoms with Gasteiger partial charge in [-0.1, -0.05) is 43.0 Å². The zero-order valence-corrected chi connectivity index (χ0v) is 13.4. The van der Waals surface area contributed by atoms with Crippen molar-refractivity contribution in [1.82, 2.24) is 0 Å². The standard InChI is InChI=1S/C17H16FN3OS/c1-12-11-19-17(23-12)21(15-9-5-6-13(18)10-15)16(22)20-14-7-3-2-4-8-14/h2-10,12H,11H2,1H3,(H,20,22)/t12-/m0/s1. The first-order chi connectivity index (χ1) is 11.1. The van der Waals surface area contributed by atoms with Gasteiger partial charge in [0.1, 0.15) is 5.82 Å². The van der Waals surface area contributed by atoms with Gasteiger partial charge in [-0.3, -0.25) is 4.99 Å². The highest BCUT2D eigenvalue weighted by Gasteiger charge is 2.27. The molecule has 23 heavy (non-hydrogen) atoms. The highest BCUT2D eigenvalue weighted by atomic mass is 32.2. The van der Waals surface area contributed by atoms with E-state index >= 15 is 0 Å². The summed E-state index contributed by atoms with van der Waals surface area (Å²) in [5, 5.41) is 3.70. The molecule has 2 aromatic carbocycles. The van der Waals surface area contributed by atoms with Crippen LogP contribution in [0.15, 0.2) is 59.6 Å². The van der Waals surface area contributed by atoms with Crippen molar-refractivity contribution in [2.75, 3.05) is 16.8 Å². The van der Waals surface area contributed by atoms with Gasteiger partial charge < -0.3 is 5.32 Å². The minimum atomic E-state index is -0.392. The molecule has 2 amide bonds. The zero-order valence-electron chi connectivity index (χ0n) is 12.6. The summed E-state index contributed by atoms with van der Waals surface area (Å²) in [7, 11) is 0. The molecule has 1 aliphatic rings. The summed E-state index contributed by atoms with van der Waals surface area (Å²) in [4.78, 5) is 18.5. The molecule has 0 radical (unpaired) electrons. The van der Waals surface area contributed by atoms with Gasteiger partial charge >= 0.3 is 6.03 Å². The van der Waals surface area contributed by atoms with Crippen LogP contribution in [0, 0.1) is 5.82 Å². The van der Waals surface area contributed by atoms with Gasteiger partial charge in [0.25, 0.3) is 0 Å². The van der Waals surface area contributed by atoms with Gasteiger partial charge in [0.15, 0.2) is 5.17 Å². The van der Waals surface area contributed by atoms with Crippen LogP contribution in [0.4, 0.5) is 20.6 Å². The van der Waals surface area contributed by atoms with Crippen LogP contribution in [-0.2, 0) is 0 Å². The highest BCUT2D eigenvalue weighted by Crippen LogP contribution is 2.28. The van der Waals surface area contributed by atoms with E-state index in [0.29, 0.717) is 28.3 Å². The fourth-order valence-corrected chi connectivity index (χ4v) is 3.17. The predicted molar refractivity (Wildman–Crippen MR) is 93.7 cm³/mol. The molecule has 0 aromatic heterocycles. The Morgan fingerprint density at radius 1 is 1.26 bits per heavy atom. The van der Waals surface area contributed by atoms with E-state index in [9.17, 15) is 9.18 Å². The number of para-hydroxylation sites is 1. The molecule has 0 unspecified atom stereocenters. The maximum Gasteiger partial charge on any atom is 0.332 e. The normalized spacial score (nSPS) is 16.8. The third-order valence-electron chi connectivity index (χ3n) is 3.28. The van der Waals surface area contributed by atoms with Crippen LogP contribution < -0.4 is 10.2 Å². The van der Waals surface area contributed by atoms with E-state index in [-0.39, 0.29) is 6.03 Å². The molecule has 0 spiro atoms. The number of aliphatic imine (C=N–C) groups is 1. The minimum Gasteiger partial charge on any atom is -0.307 e. The first-order valence-electron chi connectivity index (χ1n) is 7.26. The third kappa shape index (κ3) is 3.71. The molecule has 1 aliphatic heterocycles. The molecule has 0 saturated heterocycles. The number of nitrogens with zero attached hydrogens (tertiary/aromatic N) is 2. The maximum absolute atomic E-state index is 13.6. The first kappa shape index (κ1) is 15.6. The topological polar surface area (TPSA) is 44.7 Å². The largest absolute Gasteiger partial charge is 0.332 e. The van der Waals surface area contributed by atoms with Gasteiger partial charge in [0, 0.05) is 10.9 Å². The molecule has 1 heterocycles. The number of amidine groups is 1. The number of anilines is 2. The number of benzene rings is 2. The van der Waals surface area contributed by atoms with Crippen LogP contribution in [-0.4, -0.2) is 23.0 Å². The monoisotopic (exact) mass is 329 g/mol. The molecule has 2 aromatic rings. The first-order valence-corrected chi connectivity index (χ1v) is 8.14.